The molecule has 1 unspecified atom stereocenters. The van der Waals surface area contributed by atoms with Crippen molar-refractivity contribution in [3.05, 3.63) is 70.5 Å². The Labute approximate surface area is 153 Å². The molecule has 26 heavy (non-hydrogen) atoms. The quantitative estimate of drug-likeness (QED) is 0.598. The van der Waals surface area contributed by atoms with Crippen LogP contribution in [-0.4, -0.2) is 17.1 Å². The molecule has 0 radical (unpaired) electrons. The van der Waals surface area contributed by atoms with Gasteiger partial charge in [-0.25, -0.2) is 13.8 Å². The number of alkyl halides is 1. The number of carbonyl (C=O) groups is 1. The monoisotopic (exact) mass is 374 g/mol. The second kappa shape index (κ2) is 7.61. The maximum atomic E-state index is 14.2. The number of ether oxygens (including phenoxy) is 1. The van der Waals surface area contributed by atoms with Crippen molar-refractivity contribution in [3.8, 4) is 5.75 Å². The van der Waals surface area contributed by atoms with Crippen LogP contribution in [0.5, 0.6) is 5.75 Å². The van der Waals surface area contributed by atoms with Crippen LogP contribution < -0.4 is 10.1 Å². The third kappa shape index (κ3) is 4.05. The molecule has 3 aromatic rings. The average Bonchev–Trinajstić information content (AvgIpc) is 2.97. The maximum Gasteiger partial charge on any atom is 0.235 e. The van der Waals surface area contributed by atoms with E-state index in [-0.39, 0.29) is 17.2 Å². The molecule has 3 rings (SSSR count). The number of ketones is 1. The Morgan fingerprint density at radius 1 is 1.23 bits per heavy atom. The van der Waals surface area contributed by atoms with E-state index in [1.807, 2.05) is 6.07 Å². The molecule has 1 atom stereocenters. The third-order valence-corrected chi connectivity index (χ3v) is 4.59. The summed E-state index contributed by atoms with van der Waals surface area (Å²) in [7, 11) is 0. The summed E-state index contributed by atoms with van der Waals surface area (Å²) in [5, 5.41) is 3.25. The van der Waals surface area contributed by atoms with Gasteiger partial charge in [0.15, 0.2) is 5.13 Å². The SMILES string of the molecule is Cc1nc(Nc2ccc(OC(C)F)cc2F)sc1C(=O)c1ccccc1. The average molecular weight is 374 g/mol. The van der Waals surface area contributed by atoms with Crippen molar-refractivity contribution >= 4 is 27.9 Å². The molecule has 0 spiro atoms. The zero-order valence-electron chi connectivity index (χ0n) is 14.1. The minimum atomic E-state index is -1.53. The van der Waals surface area contributed by atoms with Crippen LogP contribution in [0.3, 0.4) is 0 Å². The minimum absolute atomic E-state index is 0.0957. The summed E-state index contributed by atoms with van der Waals surface area (Å²) in [6.45, 7) is 2.95. The van der Waals surface area contributed by atoms with E-state index < -0.39 is 12.2 Å². The van der Waals surface area contributed by atoms with E-state index in [2.05, 4.69) is 10.3 Å². The van der Waals surface area contributed by atoms with E-state index in [9.17, 15) is 13.6 Å². The summed E-state index contributed by atoms with van der Waals surface area (Å²) in [5.74, 6) is -0.639. The molecule has 0 bridgehead atoms. The van der Waals surface area contributed by atoms with E-state index in [1.54, 1.807) is 31.2 Å². The normalized spacial score (nSPS) is 11.8. The first kappa shape index (κ1) is 18.0. The number of aryl methyl sites for hydroxylation is 1. The van der Waals surface area contributed by atoms with Gasteiger partial charge in [-0.3, -0.25) is 4.79 Å². The Morgan fingerprint density at radius 3 is 2.62 bits per heavy atom. The first-order valence-corrected chi connectivity index (χ1v) is 8.70. The van der Waals surface area contributed by atoms with Gasteiger partial charge in [-0.2, -0.15) is 0 Å². The van der Waals surface area contributed by atoms with Crippen LogP contribution in [-0.2, 0) is 0 Å². The number of nitrogens with zero attached hydrogens (tertiary/aromatic N) is 1. The molecule has 0 aliphatic heterocycles. The lowest BCUT2D eigenvalue weighted by atomic mass is 10.1. The molecule has 1 aromatic heterocycles. The van der Waals surface area contributed by atoms with Gasteiger partial charge in [0.1, 0.15) is 11.6 Å². The fraction of sp³-hybridized carbons (Fsp3) is 0.158. The Morgan fingerprint density at radius 2 is 1.96 bits per heavy atom. The zero-order chi connectivity index (χ0) is 18.7. The number of thiazole rings is 1. The highest BCUT2D eigenvalue weighted by molar-refractivity contribution is 7.17. The Balaban J connectivity index is 1.81. The molecule has 2 aromatic carbocycles. The highest BCUT2D eigenvalue weighted by atomic mass is 32.1. The lowest BCUT2D eigenvalue weighted by Gasteiger charge is -2.09. The molecule has 0 aliphatic carbocycles. The number of anilines is 2. The number of hydrogen-bond acceptors (Lipinski definition) is 5. The molecule has 0 saturated carbocycles. The Hall–Kier alpha value is -2.80. The van der Waals surface area contributed by atoms with Crippen LogP contribution in [0.2, 0.25) is 0 Å². The van der Waals surface area contributed by atoms with Crippen LogP contribution in [0.1, 0.15) is 27.9 Å². The van der Waals surface area contributed by atoms with Crippen LogP contribution in [0.4, 0.5) is 19.6 Å². The predicted octanol–water partition coefficient (Wildman–Crippen LogP) is 5.26. The number of aromatic nitrogens is 1. The summed E-state index contributed by atoms with van der Waals surface area (Å²) in [6, 6.07) is 12.9. The van der Waals surface area contributed by atoms with Gasteiger partial charge in [0.25, 0.3) is 0 Å². The summed E-state index contributed by atoms with van der Waals surface area (Å²) < 4.78 is 31.8. The van der Waals surface area contributed by atoms with Crippen LogP contribution in [0.25, 0.3) is 0 Å². The zero-order valence-corrected chi connectivity index (χ0v) is 14.9. The smallest absolute Gasteiger partial charge is 0.235 e. The first-order chi connectivity index (χ1) is 12.4. The van der Waals surface area contributed by atoms with Crippen molar-refractivity contribution in [1.82, 2.24) is 4.98 Å². The van der Waals surface area contributed by atoms with Crippen LogP contribution >= 0.6 is 11.3 Å². The van der Waals surface area contributed by atoms with E-state index >= 15 is 0 Å². The molecule has 0 fully saturated rings. The van der Waals surface area contributed by atoms with Crippen molar-refractivity contribution in [2.75, 3.05) is 5.32 Å². The standard InChI is InChI=1S/C19H16F2N2O2S/c1-11-18(17(24)13-6-4-3-5-7-13)26-19(22-11)23-16-9-8-14(10-15(16)21)25-12(2)20/h3-10,12H,1-2H3,(H,22,23). The van der Waals surface area contributed by atoms with E-state index in [4.69, 9.17) is 4.74 Å². The largest absolute Gasteiger partial charge is 0.461 e. The van der Waals surface area contributed by atoms with Crippen molar-refractivity contribution in [2.24, 2.45) is 0 Å². The molecule has 7 heteroatoms. The molecule has 134 valence electrons. The number of rotatable bonds is 6. The fourth-order valence-electron chi connectivity index (χ4n) is 2.35. The maximum absolute atomic E-state index is 14.2. The van der Waals surface area contributed by atoms with Crippen LogP contribution in [0.15, 0.2) is 48.5 Å². The summed E-state index contributed by atoms with van der Waals surface area (Å²) >= 11 is 1.15. The summed E-state index contributed by atoms with van der Waals surface area (Å²) in [5.41, 5.74) is 1.30. The number of carbonyl (C=O) groups excluding carboxylic acids is 1. The fourth-order valence-corrected chi connectivity index (χ4v) is 3.30. The second-order valence-electron chi connectivity index (χ2n) is 5.56. The molecule has 0 aliphatic rings. The Kier molecular flexibility index (Phi) is 5.27. The van der Waals surface area contributed by atoms with E-state index in [0.717, 1.165) is 17.4 Å². The highest BCUT2D eigenvalue weighted by Crippen LogP contribution is 2.30. The van der Waals surface area contributed by atoms with Gasteiger partial charge in [-0.15, -0.1) is 0 Å². The van der Waals surface area contributed by atoms with Gasteiger partial charge >= 0.3 is 0 Å². The number of nitrogens with one attached hydrogen (secondary N) is 1. The molecular formula is C19H16F2N2O2S. The van der Waals surface area contributed by atoms with E-state index in [1.165, 1.54) is 19.1 Å². The van der Waals surface area contributed by atoms with Gasteiger partial charge in [0, 0.05) is 18.6 Å². The minimum Gasteiger partial charge on any atom is -0.461 e. The van der Waals surface area contributed by atoms with E-state index in [0.29, 0.717) is 21.3 Å². The Bertz CT molecular complexity index is 927. The number of hydrogen-bond donors (Lipinski definition) is 1. The van der Waals surface area contributed by atoms with Crippen LogP contribution in [0, 0.1) is 12.7 Å². The molecular weight excluding hydrogens is 358 g/mol. The lowest BCUT2D eigenvalue weighted by Crippen LogP contribution is -2.04. The topological polar surface area (TPSA) is 51.2 Å². The second-order valence-corrected chi connectivity index (χ2v) is 6.56. The van der Waals surface area contributed by atoms with Crippen molar-refractivity contribution in [1.29, 1.82) is 0 Å². The van der Waals surface area contributed by atoms with Crippen molar-refractivity contribution < 1.29 is 18.3 Å². The van der Waals surface area contributed by atoms with Gasteiger partial charge in [0.2, 0.25) is 12.1 Å². The third-order valence-electron chi connectivity index (χ3n) is 3.52. The molecule has 0 amide bonds. The van der Waals surface area contributed by atoms with Gasteiger partial charge in [-0.1, -0.05) is 41.7 Å². The molecule has 4 nitrogen and oxygen atoms in total. The van der Waals surface area contributed by atoms with Crippen molar-refractivity contribution in [2.45, 2.75) is 20.2 Å². The van der Waals surface area contributed by atoms with Crippen molar-refractivity contribution in [3.63, 3.8) is 0 Å². The van der Waals surface area contributed by atoms with Gasteiger partial charge in [0.05, 0.1) is 16.3 Å². The van der Waals surface area contributed by atoms with Gasteiger partial charge in [-0.05, 0) is 19.1 Å². The lowest BCUT2D eigenvalue weighted by molar-refractivity contribution is 0.0857. The molecule has 1 heterocycles. The highest BCUT2D eigenvalue weighted by Gasteiger charge is 2.17. The summed E-state index contributed by atoms with van der Waals surface area (Å²) in [4.78, 5) is 17.3. The first-order valence-electron chi connectivity index (χ1n) is 7.88. The number of benzene rings is 2. The van der Waals surface area contributed by atoms with Gasteiger partial charge < -0.3 is 10.1 Å². The predicted molar refractivity (Wildman–Crippen MR) is 97.6 cm³/mol. The molecule has 1 N–H and O–H groups in total. The molecule has 0 saturated heterocycles. The summed E-state index contributed by atoms with van der Waals surface area (Å²) in [6.07, 6.45) is -1.53. The number of halogens is 2.